The first-order valence-electron chi connectivity index (χ1n) is 11.4. The molecule has 5 aromatic rings. The molecule has 36 heavy (non-hydrogen) atoms. The van der Waals surface area contributed by atoms with Crippen LogP contribution in [-0.2, 0) is 5.54 Å². The molecule has 0 saturated heterocycles. The summed E-state index contributed by atoms with van der Waals surface area (Å²) in [4.78, 5) is 21.4. The van der Waals surface area contributed by atoms with E-state index in [0.717, 1.165) is 33.2 Å². The largest absolute Gasteiger partial charge is 0.319 e. The Hall–Kier alpha value is -4.40. The van der Waals surface area contributed by atoms with Crippen LogP contribution in [0.2, 0.25) is 0 Å². The van der Waals surface area contributed by atoms with Crippen LogP contribution in [0.4, 0.5) is 14.5 Å². The predicted molar refractivity (Wildman–Crippen MR) is 134 cm³/mol. The summed E-state index contributed by atoms with van der Waals surface area (Å²) in [6.07, 6.45) is 10.0. The summed E-state index contributed by atoms with van der Waals surface area (Å²) < 4.78 is 32.8. The van der Waals surface area contributed by atoms with Crippen molar-refractivity contribution < 1.29 is 13.6 Å². The summed E-state index contributed by atoms with van der Waals surface area (Å²) in [5.41, 5.74) is 3.81. The molecule has 0 aliphatic heterocycles. The summed E-state index contributed by atoms with van der Waals surface area (Å²) in [5, 5.41) is 6.50. The van der Waals surface area contributed by atoms with E-state index in [0.29, 0.717) is 11.1 Å². The number of carbonyl (C=O) groups excluding carboxylic acids is 1. The number of aromatic nitrogens is 5. The highest BCUT2D eigenvalue weighted by Gasteiger charge is 2.25. The van der Waals surface area contributed by atoms with E-state index < -0.39 is 23.2 Å². The van der Waals surface area contributed by atoms with E-state index in [4.69, 9.17) is 0 Å². The number of halogens is 2. The molecule has 1 aromatic carbocycles. The molecular formula is C27H24F2N6O. The minimum atomic E-state index is -0.778. The van der Waals surface area contributed by atoms with Crippen molar-refractivity contribution in [3.8, 4) is 22.3 Å². The van der Waals surface area contributed by atoms with Gasteiger partial charge in [0.05, 0.1) is 17.4 Å². The van der Waals surface area contributed by atoms with Gasteiger partial charge in [-0.15, -0.1) is 0 Å². The number of hydrogen-bond donors (Lipinski definition) is 1. The van der Waals surface area contributed by atoms with Crippen molar-refractivity contribution >= 4 is 17.2 Å². The molecule has 7 nitrogen and oxygen atoms in total. The van der Waals surface area contributed by atoms with Crippen molar-refractivity contribution in [2.75, 3.05) is 5.32 Å². The molecule has 0 bridgehead atoms. The van der Waals surface area contributed by atoms with Gasteiger partial charge in [0.15, 0.2) is 0 Å². The smallest absolute Gasteiger partial charge is 0.262 e. The summed E-state index contributed by atoms with van der Waals surface area (Å²) in [5.74, 6) is -2.18. The van der Waals surface area contributed by atoms with Crippen LogP contribution in [-0.4, -0.2) is 30.1 Å². The Kier molecular flexibility index (Phi) is 5.62. The SMILES string of the molecule is Cc1cc(F)c(NC(=O)c2cnn(C(C)(C)C)c2F)cc1-c1cc(-c2ccncc2)c2nccn2c1. The Labute approximate surface area is 206 Å². The lowest BCUT2D eigenvalue weighted by Crippen LogP contribution is -2.25. The monoisotopic (exact) mass is 486 g/mol. The summed E-state index contributed by atoms with van der Waals surface area (Å²) >= 11 is 0. The zero-order chi connectivity index (χ0) is 25.6. The highest BCUT2D eigenvalue weighted by molar-refractivity contribution is 6.04. The van der Waals surface area contributed by atoms with Gasteiger partial charge in [0.2, 0.25) is 5.95 Å². The number of anilines is 1. The van der Waals surface area contributed by atoms with Gasteiger partial charge in [-0.25, -0.2) is 14.1 Å². The van der Waals surface area contributed by atoms with E-state index >= 15 is 0 Å². The van der Waals surface area contributed by atoms with E-state index in [-0.39, 0.29) is 11.3 Å². The van der Waals surface area contributed by atoms with E-state index in [1.54, 1.807) is 52.4 Å². The normalized spacial score (nSPS) is 11.7. The quantitative estimate of drug-likeness (QED) is 0.346. The van der Waals surface area contributed by atoms with Gasteiger partial charge in [0.1, 0.15) is 17.0 Å². The average Bonchev–Trinajstić information content (AvgIpc) is 3.47. The van der Waals surface area contributed by atoms with Gasteiger partial charge in [-0.2, -0.15) is 9.49 Å². The summed E-state index contributed by atoms with van der Waals surface area (Å²) in [6.45, 7) is 7.11. The van der Waals surface area contributed by atoms with Crippen LogP contribution < -0.4 is 5.32 Å². The Bertz CT molecular complexity index is 1600. The lowest BCUT2D eigenvalue weighted by molar-refractivity contribution is 0.102. The Balaban J connectivity index is 1.56. The van der Waals surface area contributed by atoms with Gasteiger partial charge in [-0.3, -0.25) is 9.78 Å². The van der Waals surface area contributed by atoms with Crippen molar-refractivity contribution in [2.24, 2.45) is 0 Å². The average molecular weight is 487 g/mol. The highest BCUT2D eigenvalue weighted by Crippen LogP contribution is 2.33. The van der Waals surface area contributed by atoms with E-state index in [1.165, 1.54) is 6.07 Å². The standard InChI is InChI=1S/C27H24F2N6O/c1-16-11-22(28)23(33-26(36)21-14-32-35(24(21)29)27(2,3)4)13-19(16)18-12-20(17-5-7-30-8-6-17)25-31-9-10-34(25)15-18/h5-15H,1-4H3,(H,33,36). The minimum absolute atomic E-state index is 0.0558. The van der Waals surface area contributed by atoms with Gasteiger partial charge in [-0.1, -0.05) is 0 Å². The Morgan fingerprint density at radius 1 is 1.00 bits per heavy atom. The number of nitrogens with one attached hydrogen (secondary N) is 1. The molecule has 1 amide bonds. The number of rotatable bonds is 4. The third-order valence-electron chi connectivity index (χ3n) is 5.94. The molecule has 0 aliphatic carbocycles. The molecule has 0 radical (unpaired) electrons. The molecule has 0 spiro atoms. The van der Waals surface area contributed by atoms with Crippen LogP contribution in [0.5, 0.6) is 0 Å². The molecule has 5 rings (SSSR count). The number of carbonyl (C=O) groups is 1. The van der Waals surface area contributed by atoms with Crippen LogP contribution in [0.3, 0.4) is 0 Å². The molecule has 0 unspecified atom stereocenters. The molecule has 4 heterocycles. The second-order valence-electron chi connectivity index (χ2n) is 9.57. The molecule has 9 heteroatoms. The van der Waals surface area contributed by atoms with E-state index in [9.17, 15) is 13.6 Å². The molecule has 4 aromatic heterocycles. The maximum atomic E-state index is 14.9. The summed E-state index contributed by atoms with van der Waals surface area (Å²) in [6, 6.07) is 8.66. The van der Waals surface area contributed by atoms with Gasteiger partial charge in [0, 0.05) is 36.5 Å². The van der Waals surface area contributed by atoms with Crippen molar-refractivity contribution in [2.45, 2.75) is 33.2 Å². The lowest BCUT2D eigenvalue weighted by Gasteiger charge is -2.19. The maximum Gasteiger partial charge on any atom is 0.262 e. The molecule has 1 N–H and O–H groups in total. The molecule has 0 atom stereocenters. The van der Waals surface area contributed by atoms with Gasteiger partial charge < -0.3 is 9.72 Å². The fraction of sp³-hybridized carbons (Fsp3) is 0.185. The predicted octanol–water partition coefficient (Wildman–Crippen LogP) is 5.85. The third kappa shape index (κ3) is 4.13. The Morgan fingerprint density at radius 2 is 1.75 bits per heavy atom. The fourth-order valence-electron chi connectivity index (χ4n) is 4.15. The first-order valence-corrected chi connectivity index (χ1v) is 11.4. The van der Waals surface area contributed by atoms with E-state index in [2.05, 4.69) is 20.4 Å². The summed E-state index contributed by atoms with van der Waals surface area (Å²) in [7, 11) is 0. The van der Waals surface area contributed by atoms with Crippen molar-refractivity contribution in [1.29, 1.82) is 0 Å². The maximum absolute atomic E-state index is 14.9. The number of imidazole rings is 1. The number of fused-ring (bicyclic) bond motifs is 1. The van der Waals surface area contributed by atoms with Gasteiger partial charge in [-0.05, 0) is 80.3 Å². The second-order valence-corrected chi connectivity index (χ2v) is 9.57. The number of benzene rings is 1. The number of amides is 1. The van der Waals surface area contributed by atoms with E-state index in [1.807, 2.05) is 35.0 Å². The number of nitrogens with zero attached hydrogens (tertiary/aromatic N) is 5. The second kappa shape index (κ2) is 8.67. The fourth-order valence-corrected chi connectivity index (χ4v) is 4.15. The first-order chi connectivity index (χ1) is 17.1. The molecule has 182 valence electrons. The van der Waals surface area contributed by atoms with Gasteiger partial charge >= 0.3 is 0 Å². The van der Waals surface area contributed by atoms with Crippen LogP contribution in [0.15, 0.2) is 67.5 Å². The van der Waals surface area contributed by atoms with Crippen LogP contribution >= 0.6 is 0 Å². The van der Waals surface area contributed by atoms with Crippen LogP contribution in [0.25, 0.3) is 27.9 Å². The number of pyridine rings is 2. The van der Waals surface area contributed by atoms with Crippen molar-refractivity contribution in [1.82, 2.24) is 24.1 Å². The highest BCUT2D eigenvalue weighted by atomic mass is 19.1. The topological polar surface area (TPSA) is 77.1 Å². The molecular weight excluding hydrogens is 462 g/mol. The lowest BCUT2D eigenvalue weighted by atomic mass is 9.97. The Morgan fingerprint density at radius 3 is 2.44 bits per heavy atom. The zero-order valence-electron chi connectivity index (χ0n) is 20.3. The number of aryl methyl sites for hydroxylation is 1. The van der Waals surface area contributed by atoms with Crippen molar-refractivity contribution in [3.63, 3.8) is 0 Å². The number of hydrogen-bond acceptors (Lipinski definition) is 4. The molecule has 0 saturated carbocycles. The van der Waals surface area contributed by atoms with Crippen LogP contribution in [0.1, 0.15) is 36.7 Å². The van der Waals surface area contributed by atoms with Crippen LogP contribution in [0, 0.1) is 18.7 Å². The first kappa shape index (κ1) is 23.3. The molecule has 0 fully saturated rings. The minimum Gasteiger partial charge on any atom is -0.319 e. The zero-order valence-corrected chi connectivity index (χ0v) is 20.3. The molecule has 0 aliphatic rings. The third-order valence-corrected chi connectivity index (χ3v) is 5.94. The van der Waals surface area contributed by atoms with Gasteiger partial charge in [0.25, 0.3) is 5.91 Å². The van der Waals surface area contributed by atoms with Crippen molar-refractivity contribution in [3.05, 3.63) is 90.4 Å².